The number of amides is 1. The number of nitrogens with one attached hydrogen (secondary N) is 1. The van der Waals surface area contributed by atoms with Gasteiger partial charge in [-0.2, -0.15) is 0 Å². The van der Waals surface area contributed by atoms with Gasteiger partial charge in [0.1, 0.15) is 12.6 Å². The van der Waals surface area contributed by atoms with Crippen molar-refractivity contribution in [2.24, 2.45) is 0 Å². The Labute approximate surface area is 124 Å². The van der Waals surface area contributed by atoms with E-state index in [9.17, 15) is 19.2 Å². The molecule has 1 amide bonds. The van der Waals surface area contributed by atoms with E-state index in [-0.39, 0.29) is 24.3 Å². The van der Waals surface area contributed by atoms with Crippen molar-refractivity contribution in [1.82, 2.24) is 9.88 Å². The standard InChI is InChI=1S/C12H16N2O6S/c1-7-6-21-12(19)14(7)5-9(15)13-8(11(17)18)3-4-10(16)20-2/h6,8H,3-5H2,1-2H3,(H,13,15)(H,17,18)/t8-/m1/s1. The number of nitrogens with zero attached hydrogens (tertiary/aromatic N) is 1. The number of ether oxygens (including phenoxy) is 1. The van der Waals surface area contributed by atoms with Gasteiger partial charge in [0.25, 0.3) is 0 Å². The minimum atomic E-state index is -1.25. The number of hydrogen-bond acceptors (Lipinski definition) is 6. The molecule has 1 rings (SSSR count). The average molecular weight is 316 g/mol. The third kappa shape index (κ3) is 5.03. The van der Waals surface area contributed by atoms with Gasteiger partial charge in [-0.15, -0.1) is 0 Å². The van der Waals surface area contributed by atoms with Crippen LogP contribution in [-0.4, -0.2) is 40.7 Å². The van der Waals surface area contributed by atoms with E-state index in [1.54, 1.807) is 12.3 Å². The van der Waals surface area contributed by atoms with Crippen LogP contribution in [0.2, 0.25) is 0 Å². The zero-order chi connectivity index (χ0) is 16.0. The summed E-state index contributed by atoms with van der Waals surface area (Å²) in [5.41, 5.74) is 0.626. The topological polar surface area (TPSA) is 115 Å². The lowest BCUT2D eigenvalue weighted by Gasteiger charge is -2.14. The summed E-state index contributed by atoms with van der Waals surface area (Å²) in [7, 11) is 1.20. The van der Waals surface area contributed by atoms with Crippen molar-refractivity contribution in [2.45, 2.75) is 32.4 Å². The van der Waals surface area contributed by atoms with Gasteiger partial charge in [-0.1, -0.05) is 11.3 Å². The van der Waals surface area contributed by atoms with Crippen molar-refractivity contribution in [3.8, 4) is 0 Å². The number of carboxylic acid groups (broad SMARTS) is 1. The van der Waals surface area contributed by atoms with Crippen LogP contribution in [0.3, 0.4) is 0 Å². The van der Waals surface area contributed by atoms with E-state index in [0.717, 1.165) is 11.3 Å². The molecule has 1 atom stereocenters. The summed E-state index contributed by atoms with van der Waals surface area (Å²) >= 11 is 0.965. The van der Waals surface area contributed by atoms with Crippen molar-refractivity contribution in [3.63, 3.8) is 0 Å². The first-order valence-corrected chi connectivity index (χ1v) is 6.97. The SMILES string of the molecule is COC(=O)CC[C@@H](NC(=O)Cn1c(C)csc1=O)C(=O)O. The van der Waals surface area contributed by atoms with E-state index in [1.165, 1.54) is 11.7 Å². The van der Waals surface area contributed by atoms with Crippen LogP contribution in [0, 0.1) is 6.92 Å². The maximum absolute atomic E-state index is 11.8. The zero-order valence-electron chi connectivity index (χ0n) is 11.6. The number of thiazole rings is 1. The Morgan fingerprint density at radius 2 is 2.14 bits per heavy atom. The molecule has 116 valence electrons. The van der Waals surface area contributed by atoms with E-state index in [0.29, 0.717) is 5.69 Å². The van der Waals surface area contributed by atoms with Gasteiger partial charge in [-0.25, -0.2) is 4.79 Å². The van der Waals surface area contributed by atoms with Crippen molar-refractivity contribution in [1.29, 1.82) is 0 Å². The van der Waals surface area contributed by atoms with Crippen molar-refractivity contribution < 1.29 is 24.2 Å². The summed E-state index contributed by atoms with van der Waals surface area (Å²) in [4.78, 5) is 45.0. The summed E-state index contributed by atoms with van der Waals surface area (Å²) in [6.07, 6.45) is -0.198. The highest BCUT2D eigenvalue weighted by molar-refractivity contribution is 7.07. The second kappa shape index (κ2) is 7.58. The molecule has 0 fully saturated rings. The van der Waals surface area contributed by atoms with E-state index >= 15 is 0 Å². The Morgan fingerprint density at radius 1 is 1.48 bits per heavy atom. The number of esters is 1. The lowest BCUT2D eigenvalue weighted by atomic mass is 10.1. The van der Waals surface area contributed by atoms with Gasteiger partial charge in [-0.05, 0) is 13.3 Å². The predicted molar refractivity (Wildman–Crippen MR) is 74.1 cm³/mol. The van der Waals surface area contributed by atoms with Crippen molar-refractivity contribution in [2.75, 3.05) is 7.11 Å². The van der Waals surface area contributed by atoms with Gasteiger partial charge in [0.15, 0.2) is 0 Å². The monoisotopic (exact) mass is 316 g/mol. The molecule has 1 aromatic heterocycles. The molecule has 0 unspecified atom stereocenters. The van der Waals surface area contributed by atoms with E-state index < -0.39 is 23.9 Å². The summed E-state index contributed by atoms with van der Waals surface area (Å²) in [5, 5.41) is 12.9. The van der Waals surface area contributed by atoms with Crippen molar-refractivity contribution in [3.05, 3.63) is 20.7 Å². The summed E-state index contributed by atoms with van der Waals surface area (Å²) in [6.45, 7) is 1.42. The molecule has 1 aromatic rings. The Balaban J connectivity index is 2.63. The average Bonchev–Trinajstić information content (AvgIpc) is 2.74. The van der Waals surface area contributed by atoms with Crippen LogP contribution in [0.1, 0.15) is 18.5 Å². The number of carbonyl (C=O) groups is 3. The fraction of sp³-hybridized carbons (Fsp3) is 0.500. The van der Waals surface area contributed by atoms with Crippen LogP contribution in [0.25, 0.3) is 0 Å². The van der Waals surface area contributed by atoms with Crippen LogP contribution in [-0.2, 0) is 25.7 Å². The highest BCUT2D eigenvalue weighted by atomic mass is 32.1. The quantitative estimate of drug-likeness (QED) is 0.670. The number of hydrogen-bond donors (Lipinski definition) is 2. The molecule has 0 radical (unpaired) electrons. The number of aromatic nitrogens is 1. The lowest BCUT2D eigenvalue weighted by molar-refractivity contribution is -0.144. The molecule has 2 N–H and O–H groups in total. The number of rotatable bonds is 7. The number of carboxylic acids is 1. The molecule has 9 heteroatoms. The van der Waals surface area contributed by atoms with Crippen LogP contribution in [0.4, 0.5) is 0 Å². The largest absolute Gasteiger partial charge is 0.480 e. The molecule has 0 saturated carbocycles. The maximum atomic E-state index is 11.8. The van der Waals surface area contributed by atoms with E-state index in [2.05, 4.69) is 10.1 Å². The van der Waals surface area contributed by atoms with Gasteiger partial charge in [0, 0.05) is 17.5 Å². The highest BCUT2D eigenvalue weighted by Gasteiger charge is 2.21. The fourth-order valence-electron chi connectivity index (χ4n) is 1.60. The molecule has 0 aromatic carbocycles. The fourth-order valence-corrected chi connectivity index (χ4v) is 2.34. The maximum Gasteiger partial charge on any atom is 0.326 e. The third-order valence-corrected chi connectivity index (χ3v) is 3.66. The Hall–Kier alpha value is -2.16. The molecule has 0 aliphatic rings. The molecule has 0 bridgehead atoms. The van der Waals surface area contributed by atoms with Crippen molar-refractivity contribution >= 4 is 29.2 Å². The second-order valence-electron chi connectivity index (χ2n) is 4.30. The smallest absolute Gasteiger partial charge is 0.326 e. The highest BCUT2D eigenvalue weighted by Crippen LogP contribution is 2.02. The molecule has 0 aliphatic heterocycles. The molecular weight excluding hydrogens is 300 g/mol. The zero-order valence-corrected chi connectivity index (χ0v) is 12.4. The molecule has 0 saturated heterocycles. The minimum Gasteiger partial charge on any atom is -0.480 e. The van der Waals surface area contributed by atoms with Crippen LogP contribution >= 0.6 is 11.3 Å². The van der Waals surface area contributed by atoms with Gasteiger partial charge in [-0.3, -0.25) is 19.0 Å². The summed E-state index contributed by atoms with van der Waals surface area (Å²) in [6, 6.07) is -1.20. The van der Waals surface area contributed by atoms with Crippen LogP contribution in [0.15, 0.2) is 10.2 Å². The Morgan fingerprint density at radius 3 is 2.62 bits per heavy atom. The number of aryl methyl sites for hydroxylation is 1. The molecule has 21 heavy (non-hydrogen) atoms. The van der Waals surface area contributed by atoms with Gasteiger partial charge < -0.3 is 15.2 Å². The van der Waals surface area contributed by atoms with Gasteiger partial charge >= 0.3 is 16.8 Å². The molecule has 8 nitrogen and oxygen atoms in total. The predicted octanol–water partition coefficient (Wildman–Crippen LogP) is -0.259. The first kappa shape index (κ1) is 16.9. The van der Waals surface area contributed by atoms with Gasteiger partial charge in [0.2, 0.25) is 5.91 Å². The first-order valence-electron chi connectivity index (χ1n) is 6.09. The third-order valence-electron chi connectivity index (χ3n) is 2.78. The summed E-state index contributed by atoms with van der Waals surface area (Å²) < 4.78 is 5.66. The Kier molecular flexibility index (Phi) is 6.10. The Bertz CT molecular complexity index is 591. The lowest BCUT2D eigenvalue weighted by Crippen LogP contribution is -2.43. The van der Waals surface area contributed by atoms with Gasteiger partial charge in [0.05, 0.1) is 7.11 Å². The normalized spacial score (nSPS) is 11.7. The molecule has 0 spiro atoms. The van der Waals surface area contributed by atoms with E-state index in [4.69, 9.17) is 5.11 Å². The number of aliphatic carboxylic acids is 1. The second-order valence-corrected chi connectivity index (χ2v) is 5.12. The van der Waals surface area contributed by atoms with Crippen LogP contribution in [0.5, 0.6) is 0 Å². The van der Waals surface area contributed by atoms with Crippen LogP contribution < -0.4 is 10.2 Å². The molecule has 1 heterocycles. The minimum absolute atomic E-state index is 0.0781. The van der Waals surface area contributed by atoms with E-state index in [1.807, 2.05) is 0 Å². The first-order chi connectivity index (χ1) is 9.85. The number of methoxy groups -OCH3 is 1. The molecule has 0 aliphatic carbocycles. The number of carbonyl (C=O) groups excluding carboxylic acids is 2. The summed E-state index contributed by atoms with van der Waals surface area (Å²) in [5.74, 6) is -2.40. The molecular formula is C12H16N2O6S.